The zero-order chi connectivity index (χ0) is 11.7. The van der Waals surface area contributed by atoms with Crippen molar-refractivity contribution in [1.29, 1.82) is 0 Å². The summed E-state index contributed by atoms with van der Waals surface area (Å²) in [7, 11) is 0. The van der Waals surface area contributed by atoms with Gasteiger partial charge in [0, 0.05) is 17.3 Å². The predicted octanol–water partition coefficient (Wildman–Crippen LogP) is 3.83. The largest absolute Gasteiger partial charge is 0.312 e. The molecule has 3 fully saturated rings. The second-order valence-corrected chi connectivity index (χ2v) is 7.80. The summed E-state index contributed by atoms with van der Waals surface area (Å²) < 4.78 is 0.584. The molecule has 0 unspecified atom stereocenters. The molecular formula is C15H27NS. The van der Waals surface area contributed by atoms with Crippen molar-refractivity contribution in [3.63, 3.8) is 0 Å². The molecule has 0 aromatic rings. The van der Waals surface area contributed by atoms with Crippen molar-refractivity contribution >= 4 is 11.8 Å². The summed E-state index contributed by atoms with van der Waals surface area (Å²) in [5.41, 5.74) is 0. The van der Waals surface area contributed by atoms with Crippen LogP contribution < -0.4 is 5.32 Å². The Morgan fingerprint density at radius 2 is 1.65 bits per heavy atom. The highest BCUT2D eigenvalue weighted by Gasteiger charge is 2.42. The van der Waals surface area contributed by atoms with Crippen LogP contribution in [0.3, 0.4) is 0 Å². The second kappa shape index (κ2) is 5.13. The minimum atomic E-state index is 0.584. The van der Waals surface area contributed by atoms with Gasteiger partial charge in [-0.3, -0.25) is 0 Å². The van der Waals surface area contributed by atoms with Crippen LogP contribution in [0.25, 0.3) is 0 Å². The molecule has 3 aliphatic carbocycles. The number of thioether (sulfide) groups is 1. The van der Waals surface area contributed by atoms with Gasteiger partial charge in [-0.05, 0) is 56.6 Å². The fourth-order valence-corrected chi connectivity index (χ4v) is 4.51. The summed E-state index contributed by atoms with van der Waals surface area (Å²) in [5, 5.41) is 3.98. The van der Waals surface area contributed by atoms with E-state index >= 15 is 0 Å². The zero-order valence-corrected chi connectivity index (χ0v) is 12.0. The van der Waals surface area contributed by atoms with Crippen LogP contribution in [0.15, 0.2) is 0 Å². The van der Waals surface area contributed by atoms with Crippen LogP contribution in [-0.2, 0) is 0 Å². The quantitative estimate of drug-likeness (QED) is 0.772. The van der Waals surface area contributed by atoms with E-state index in [1.54, 1.807) is 0 Å². The highest BCUT2D eigenvalue weighted by molar-refractivity contribution is 8.00. The van der Waals surface area contributed by atoms with E-state index in [1.807, 2.05) is 0 Å². The molecule has 0 aromatic carbocycles. The van der Waals surface area contributed by atoms with E-state index in [9.17, 15) is 0 Å². The van der Waals surface area contributed by atoms with Crippen molar-refractivity contribution < 1.29 is 0 Å². The average molecular weight is 253 g/mol. The maximum atomic E-state index is 3.98. The lowest BCUT2D eigenvalue weighted by Gasteiger charge is -2.37. The van der Waals surface area contributed by atoms with Crippen LogP contribution in [-0.4, -0.2) is 23.6 Å². The molecule has 0 spiro atoms. The topological polar surface area (TPSA) is 12.0 Å². The first-order chi connectivity index (χ1) is 8.33. The molecule has 0 bridgehead atoms. The molecule has 0 amide bonds. The number of nitrogens with one attached hydrogen (secondary N) is 1. The van der Waals surface area contributed by atoms with Gasteiger partial charge >= 0.3 is 0 Å². The molecule has 1 N–H and O–H groups in total. The summed E-state index contributed by atoms with van der Waals surface area (Å²) in [6.45, 7) is 1.28. The van der Waals surface area contributed by atoms with Gasteiger partial charge in [-0.15, -0.1) is 0 Å². The summed E-state index contributed by atoms with van der Waals surface area (Å²) in [6.07, 6.45) is 15.6. The fraction of sp³-hybridized carbons (Fsp3) is 1.00. The standard InChI is InChI=1S/C15H27NS/c1-17-15(9-3-2-4-10-15)11-16-14(12-5-6-12)13-7-8-13/h12-14,16H,2-11H2,1H3. The molecule has 17 heavy (non-hydrogen) atoms. The number of hydrogen-bond acceptors (Lipinski definition) is 2. The Morgan fingerprint density at radius 1 is 1.06 bits per heavy atom. The molecule has 3 aliphatic rings. The second-order valence-electron chi connectivity index (χ2n) is 6.53. The molecule has 0 heterocycles. The smallest absolute Gasteiger partial charge is 0.0281 e. The first kappa shape index (κ1) is 12.3. The maximum absolute atomic E-state index is 3.98. The molecule has 3 rings (SSSR count). The van der Waals surface area contributed by atoms with Crippen molar-refractivity contribution in [2.24, 2.45) is 11.8 Å². The third-order valence-electron chi connectivity index (χ3n) is 5.12. The first-order valence-electron chi connectivity index (χ1n) is 7.61. The molecule has 0 aromatic heterocycles. The Bertz CT molecular complexity index is 240. The molecule has 0 atom stereocenters. The van der Waals surface area contributed by atoms with Crippen LogP contribution >= 0.6 is 11.8 Å². The van der Waals surface area contributed by atoms with Crippen LogP contribution in [0.2, 0.25) is 0 Å². The van der Waals surface area contributed by atoms with Crippen molar-refractivity contribution in [3.8, 4) is 0 Å². The molecule has 1 nitrogen and oxygen atoms in total. The first-order valence-corrected chi connectivity index (χ1v) is 8.84. The van der Waals surface area contributed by atoms with Gasteiger partial charge in [0.25, 0.3) is 0 Å². The van der Waals surface area contributed by atoms with Gasteiger partial charge in [-0.1, -0.05) is 19.3 Å². The third kappa shape index (κ3) is 3.01. The minimum absolute atomic E-state index is 0.584. The van der Waals surface area contributed by atoms with E-state index in [0.717, 1.165) is 17.9 Å². The van der Waals surface area contributed by atoms with Gasteiger partial charge in [0.15, 0.2) is 0 Å². The number of hydrogen-bond donors (Lipinski definition) is 1. The van der Waals surface area contributed by atoms with Crippen LogP contribution in [0, 0.1) is 11.8 Å². The van der Waals surface area contributed by atoms with E-state index in [2.05, 4.69) is 23.3 Å². The Morgan fingerprint density at radius 3 is 2.12 bits per heavy atom. The van der Waals surface area contributed by atoms with Crippen molar-refractivity contribution in [2.45, 2.75) is 68.6 Å². The van der Waals surface area contributed by atoms with Gasteiger partial charge in [-0.25, -0.2) is 0 Å². The van der Waals surface area contributed by atoms with E-state index in [-0.39, 0.29) is 0 Å². The zero-order valence-electron chi connectivity index (χ0n) is 11.2. The molecule has 0 aliphatic heterocycles. The van der Waals surface area contributed by atoms with Crippen LogP contribution in [0.4, 0.5) is 0 Å². The molecular weight excluding hydrogens is 226 g/mol. The lowest BCUT2D eigenvalue weighted by Crippen LogP contribution is -2.45. The Labute approximate surface area is 111 Å². The molecule has 0 saturated heterocycles. The summed E-state index contributed by atoms with van der Waals surface area (Å²) in [6, 6.07) is 0.890. The van der Waals surface area contributed by atoms with E-state index in [4.69, 9.17) is 0 Å². The van der Waals surface area contributed by atoms with Gasteiger partial charge in [-0.2, -0.15) is 11.8 Å². The van der Waals surface area contributed by atoms with Crippen molar-refractivity contribution in [2.75, 3.05) is 12.8 Å². The minimum Gasteiger partial charge on any atom is -0.312 e. The molecule has 0 radical (unpaired) electrons. The van der Waals surface area contributed by atoms with Crippen molar-refractivity contribution in [3.05, 3.63) is 0 Å². The lowest BCUT2D eigenvalue weighted by atomic mass is 9.88. The normalized spacial score (nSPS) is 28.6. The average Bonchev–Trinajstić information content (AvgIpc) is 3.24. The lowest BCUT2D eigenvalue weighted by molar-refractivity contribution is 0.336. The van der Waals surface area contributed by atoms with Crippen molar-refractivity contribution in [1.82, 2.24) is 5.32 Å². The molecule has 2 heteroatoms. The summed E-state index contributed by atoms with van der Waals surface area (Å²) in [4.78, 5) is 0. The van der Waals surface area contributed by atoms with E-state index < -0.39 is 0 Å². The monoisotopic (exact) mass is 253 g/mol. The van der Waals surface area contributed by atoms with E-state index in [0.29, 0.717) is 4.75 Å². The van der Waals surface area contributed by atoms with Gasteiger partial charge < -0.3 is 5.32 Å². The van der Waals surface area contributed by atoms with Gasteiger partial charge in [0.05, 0.1) is 0 Å². The SMILES string of the molecule is CSC1(CNC(C2CC2)C2CC2)CCCCC1. The predicted molar refractivity (Wildman–Crippen MR) is 76.6 cm³/mol. The maximum Gasteiger partial charge on any atom is 0.0281 e. The van der Waals surface area contributed by atoms with E-state index in [1.165, 1.54) is 64.3 Å². The fourth-order valence-electron chi connectivity index (χ4n) is 3.58. The Kier molecular flexibility index (Phi) is 3.72. The Hall–Kier alpha value is 0.310. The van der Waals surface area contributed by atoms with Crippen LogP contribution in [0.5, 0.6) is 0 Å². The highest BCUT2D eigenvalue weighted by Crippen LogP contribution is 2.45. The number of rotatable bonds is 6. The molecule has 98 valence electrons. The third-order valence-corrected chi connectivity index (χ3v) is 6.54. The highest BCUT2D eigenvalue weighted by atomic mass is 32.2. The molecule has 3 saturated carbocycles. The van der Waals surface area contributed by atoms with Gasteiger partial charge in [0.2, 0.25) is 0 Å². The van der Waals surface area contributed by atoms with Gasteiger partial charge in [0.1, 0.15) is 0 Å². The summed E-state index contributed by atoms with van der Waals surface area (Å²) >= 11 is 2.14. The Balaban J connectivity index is 1.53. The van der Waals surface area contributed by atoms with Crippen LogP contribution in [0.1, 0.15) is 57.8 Å². The summed E-state index contributed by atoms with van der Waals surface area (Å²) in [5.74, 6) is 2.09.